The molecule has 1 amide bonds. The van der Waals surface area contributed by atoms with Crippen LogP contribution in [0.4, 0.5) is 0 Å². The third kappa shape index (κ3) is 17.1. The van der Waals surface area contributed by atoms with Crippen molar-refractivity contribution in [2.24, 2.45) is 28.1 Å². The molecule has 17 heteroatoms. The SMILES string of the molecule is N=C(N)CNC(=O)c1ccc(Cl)c(Cl)c1.NN=C(N)N.O=C(Cl)c1ccc(Cl)c(Cl)c1.O=COO.[HH]. The van der Waals surface area contributed by atoms with Crippen LogP contribution in [0.2, 0.25) is 20.1 Å². The van der Waals surface area contributed by atoms with Crippen LogP contribution in [-0.2, 0) is 9.68 Å². The summed E-state index contributed by atoms with van der Waals surface area (Å²) >= 11 is 27.8. The molecular formula is C18H22Cl5N7O5. The summed E-state index contributed by atoms with van der Waals surface area (Å²) in [5.74, 6) is 3.96. The topological polar surface area (TPSA) is 233 Å². The van der Waals surface area contributed by atoms with Crippen molar-refractivity contribution in [1.29, 1.82) is 5.41 Å². The normalized spacial score (nSPS) is 8.74. The smallest absolute Gasteiger partial charge is 0.330 e. The molecule has 0 atom stereocenters. The summed E-state index contributed by atoms with van der Waals surface area (Å²) < 4.78 is 0. The average molecular weight is 594 g/mol. The van der Waals surface area contributed by atoms with Crippen molar-refractivity contribution in [2.75, 3.05) is 6.54 Å². The van der Waals surface area contributed by atoms with Gasteiger partial charge in [0.25, 0.3) is 11.1 Å². The zero-order valence-electron chi connectivity index (χ0n) is 17.5. The number of amidine groups is 1. The summed E-state index contributed by atoms with van der Waals surface area (Å²) in [7, 11) is 0. The van der Waals surface area contributed by atoms with Crippen molar-refractivity contribution < 1.29 is 26.0 Å². The number of carbonyl (C=O) groups is 3. The fraction of sp³-hybridized carbons (Fsp3) is 0.0556. The molecule has 2 rings (SSSR count). The van der Waals surface area contributed by atoms with Crippen molar-refractivity contribution in [3.05, 3.63) is 67.6 Å². The number of nitrogens with one attached hydrogen (secondary N) is 2. The molecule has 0 saturated heterocycles. The number of hydrogen-bond acceptors (Lipinski definition) is 8. The molecule has 11 N–H and O–H groups in total. The fourth-order valence-electron chi connectivity index (χ4n) is 1.53. The molecule has 0 aromatic heterocycles. The van der Waals surface area contributed by atoms with E-state index in [-0.39, 0.29) is 32.1 Å². The molecular weight excluding hydrogens is 572 g/mol. The van der Waals surface area contributed by atoms with Gasteiger partial charge in [-0.05, 0) is 48.0 Å². The number of carbonyl (C=O) groups excluding carboxylic acids is 3. The minimum Gasteiger partial charge on any atom is -0.386 e. The number of halogens is 5. The zero-order valence-corrected chi connectivity index (χ0v) is 21.3. The van der Waals surface area contributed by atoms with E-state index >= 15 is 0 Å². The summed E-state index contributed by atoms with van der Waals surface area (Å²) in [6.07, 6.45) is 0. The number of guanidine groups is 1. The lowest BCUT2D eigenvalue weighted by Crippen LogP contribution is -2.32. The van der Waals surface area contributed by atoms with E-state index in [1.165, 1.54) is 30.3 Å². The highest BCUT2D eigenvalue weighted by Crippen LogP contribution is 2.23. The molecule has 0 bridgehead atoms. The van der Waals surface area contributed by atoms with Crippen LogP contribution in [0.5, 0.6) is 0 Å². The van der Waals surface area contributed by atoms with Crippen molar-refractivity contribution in [1.82, 2.24) is 5.32 Å². The molecule has 35 heavy (non-hydrogen) atoms. The number of hydrazone groups is 1. The Balaban J connectivity index is -0.000000454. The molecule has 2 aromatic carbocycles. The van der Waals surface area contributed by atoms with Gasteiger partial charge >= 0.3 is 6.47 Å². The van der Waals surface area contributed by atoms with E-state index < -0.39 is 5.24 Å². The van der Waals surface area contributed by atoms with Crippen LogP contribution in [0.3, 0.4) is 0 Å². The Morgan fingerprint density at radius 1 is 1.00 bits per heavy atom. The number of rotatable bonds is 5. The Bertz CT molecular complexity index is 1040. The van der Waals surface area contributed by atoms with Crippen LogP contribution in [0.15, 0.2) is 41.5 Å². The molecule has 0 aliphatic rings. The molecule has 0 spiro atoms. The van der Waals surface area contributed by atoms with Crippen molar-refractivity contribution in [3.63, 3.8) is 0 Å². The molecule has 0 unspecified atom stereocenters. The molecule has 0 saturated carbocycles. The van der Waals surface area contributed by atoms with Gasteiger partial charge in [-0.2, -0.15) is 0 Å². The molecule has 0 heterocycles. The predicted molar refractivity (Wildman–Crippen MR) is 139 cm³/mol. The first-order valence-electron chi connectivity index (χ1n) is 8.54. The number of amides is 1. The lowest BCUT2D eigenvalue weighted by atomic mass is 10.2. The standard InChI is InChI=1S/C9H9Cl2N3O.C7H3Cl3O.CH6N4.CH2O3.H2/c10-6-2-1-5(3-7(6)11)9(15)14-4-8(12)13;8-5-2-1-4(7(10)11)3-6(5)9;2-1(3)5-4;2-1-4-3;/h1-3H,4H2,(H3,12,13)(H,14,15);1-3H;4H2,(H4,2,3,5);1,3H;1H. The highest BCUT2D eigenvalue weighted by molar-refractivity contribution is 6.67. The predicted octanol–water partition coefficient (Wildman–Crippen LogP) is 3.04. The van der Waals surface area contributed by atoms with E-state index in [2.05, 4.69) is 21.1 Å². The van der Waals surface area contributed by atoms with Crippen molar-refractivity contribution >= 4 is 87.4 Å². The van der Waals surface area contributed by atoms with E-state index in [0.29, 0.717) is 31.2 Å². The van der Waals surface area contributed by atoms with E-state index in [1.54, 1.807) is 6.07 Å². The average Bonchev–Trinajstić information content (AvgIpc) is 2.81. The number of hydrogen-bond donors (Lipinski definition) is 7. The monoisotopic (exact) mass is 591 g/mol. The van der Waals surface area contributed by atoms with Crippen LogP contribution < -0.4 is 28.4 Å². The molecule has 0 aliphatic carbocycles. The van der Waals surface area contributed by atoms with Gasteiger partial charge in [0.2, 0.25) is 5.96 Å². The third-order valence-electron chi connectivity index (χ3n) is 2.96. The number of benzene rings is 2. The van der Waals surface area contributed by atoms with Gasteiger partial charge in [0.1, 0.15) is 5.84 Å². The maximum Gasteiger partial charge on any atom is 0.330 e. The van der Waals surface area contributed by atoms with Gasteiger partial charge in [-0.3, -0.25) is 19.8 Å². The molecule has 2 aromatic rings. The third-order valence-corrected chi connectivity index (χ3v) is 4.66. The minimum absolute atomic E-state index is 0. The van der Waals surface area contributed by atoms with Crippen LogP contribution in [0.1, 0.15) is 22.1 Å². The molecule has 12 nitrogen and oxygen atoms in total. The fourth-order valence-corrected chi connectivity index (χ4v) is 2.25. The number of nitrogens with zero attached hydrogens (tertiary/aromatic N) is 1. The Kier molecular flexibility index (Phi) is 18.9. The Hall–Kier alpha value is -3.00. The Labute approximate surface area is 225 Å². The summed E-state index contributed by atoms with van der Waals surface area (Å²) in [6.45, 7) is -0.0565. The Morgan fingerprint density at radius 3 is 1.71 bits per heavy atom. The van der Waals surface area contributed by atoms with Gasteiger partial charge in [0, 0.05) is 12.6 Å². The first-order chi connectivity index (χ1) is 16.3. The Morgan fingerprint density at radius 2 is 1.40 bits per heavy atom. The highest BCUT2D eigenvalue weighted by Gasteiger charge is 2.07. The zero-order chi connectivity index (χ0) is 27.6. The lowest BCUT2D eigenvalue weighted by Gasteiger charge is -2.04. The first-order valence-corrected chi connectivity index (χ1v) is 10.4. The molecule has 194 valence electrons. The van der Waals surface area contributed by atoms with Gasteiger partial charge in [-0.25, -0.2) is 5.26 Å². The maximum atomic E-state index is 11.4. The van der Waals surface area contributed by atoms with Crippen molar-refractivity contribution in [3.8, 4) is 0 Å². The summed E-state index contributed by atoms with van der Waals surface area (Å²) in [6, 6.07) is 9.01. The second kappa shape index (κ2) is 19.3. The number of nitrogens with two attached hydrogens (primary N) is 4. The van der Waals surface area contributed by atoms with Crippen molar-refractivity contribution in [2.45, 2.75) is 0 Å². The largest absolute Gasteiger partial charge is 0.386 e. The lowest BCUT2D eigenvalue weighted by molar-refractivity contribution is -0.217. The summed E-state index contributed by atoms with van der Waals surface area (Å²) in [4.78, 5) is 33.6. The van der Waals surface area contributed by atoms with Gasteiger partial charge in [0.15, 0.2) is 0 Å². The molecule has 0 fully saturated rings. The quantitative estimate of drug-likeness (QED) is 0.0512. The second-order valence-electron chi connectivity index (χ2n) is 5.49. The second-order valence-corrected chi connectivity index (χ2v) is 7.47. The van der Waals surface area contributed by atoms with Gasteiger partial charge in [-0.15, -0.1) is 5.10 Å². The van der Waals surface area contributed by atoms with Crippen LogP contribution in [0.25, 0.3) is 0 Å². The first kappa shape index (κ1) is 34.2. The van der Waals surface area contributed by atoms with Gasteiger partial charge in [-0.1, -0.05) is 46.4 Å². The van der Waals surface area contributed by atoms with Crippen LogP contribution >= 0.6 is 58.0 Å². The maximum absolute atomic E-state index is 11.4. The van der Waals surface area contributed by atoms with Gasteiger partial charge in [0.05, 0.1) is 26.6 Å². The minimum atomic E-state index is -0.538. The van der Waals surface area contributed by atoms with E-state index in [0.717, 1.165) is 0 Å². The van der Waals surface area contributed by atoms with Crippen LogP contribution in [-0.4, -0.2) is 41.2 Å². The van der Waals surface area contributed by atoms with E-state index in [1.807, 2.05) is 0 Å². The van der Waals surface area contributed by atoms with E-state index in [9.17, 15) is 9.59 Å². The molecule has 0 aliphatic heterocycles. The van der Waals surface area contributed by atoms with Gasteiger partial charge < -0.3 is 33.2 Å². The summed E-state index contributed by atoms with van der Waals surface area (Å²) in [5.41, 5.74) is 15.2. The van der Waals surface area contributed by atoms with E-state index in [4.69, 9.17) is 90.7 Å². The van der Waals surface area contributed by atoms with Crippen LogP contribution in [0, 0.1) is 5.41 Å². The summed E-state index contributed by atoms with van der Waals surface area (Å²) in [5, 5.41) is 20.2. The molecule has 0 radical (unpaired) electrons. The highest BCUT2D eigenvalue weighted by atomic mass is 35.5.